The fourth-order valence-electron chi connectivity index (χ4n) is 2.49. The van der Waals surface area contributed by atoms with Crippen LogP contribution in [0.2, 0.25) is 0 Å². The number of H-pyrrole nitrogens is 1. The Morgan fingerprint density at radius 3 is 2.16 bits per heavy atom. The molecule has 1 aromatic heterocycles. The Kier molecular flexibility index (Phi) is 10.6. The van der Waals surface area contributed by atoms with Crippen molar-refractivity contribution in [3.05, 3.63) is 18.2 Å². The van der Waals surface area contributed by atoms with Gasteiger partial charge in [-0.3, -0.25) is 19.2 Å². The second-order valence-electron chi connectivity index (χ2n) is 6.86. The van der Waals surface area contributed by atoms with Crippen LogP contribution in [0.1, 0.15) is 19.0 Å². The molecule has 1 heterocycles. The lowest BCUT2D eigenvalue weighted by Gasteiger charge is -2.25. The second kappa shape index (κ2) is 12.6. The summed E-state index contributed by atoms with van der Waals surface area (Å²) in [6.07, 6.45) is 0.532. The molecule has 0 aliphatic rings. The topological polar surface area (TPSA) is 237 Å². The summed E-state index contributed by atoms with van der Waals surface area (Å²) in [6.45, 7) is 1.17. The summed E-state index contributed by atoms with van der Waals surface area (Å²) in [5.74, 6) is -5.65. The normalized spacial score (nSPS) is 15.5. The number of carboxylic acids is 2. The Morgan fingerprint density at radius 2 is 1.69 bits per heavy atom. The van der Waals surface area contributed by atoms with Crippen LogP contribution in [0.5, 0.6) is 0 Å². The summed E-state index contributed by atoms with van der Waals surface area (Å²) in [6, 6.07) is -5.61. The zero-order chi connectivity index (χ0) is 24.4. The molecule has 32 heavy (non-hydrogen) atoms. The van der Waals surface area contributed by atoms with Crippen molar-refractivity contribution in [3.63, 3.8) is 0 Å². The molecular formula is C17H26N6O8S. The van der Waals surface area contributed by atoms with Crippen LogP contribution >= 0.6 is 12.6 Å². The fourth-order valence-corrected chi connectivity index (χ4v) is 2.75. The molecule has 5 unspecified atom stereocenters. The number of imidazole rings is 1. The van der Waals surface area contributed by atoms with Gasteiger partial charge in [0.15, 0.2) is 6.04 Å². The molecule has 0 saturated heterocycles. The largest absolute Gasteiger partial charge is 0.481 e. The monoisotopic (exact) mass is 474 g/mol. The number of aliphatic hydroxyl groups is 1. The van der Waals surface area contributed by atoms with Crippen molar-refractivity contribution in [3.8, 4) is 0 Å². The Bertz CT molecular complexity index is 818. The number of aliphatic carboxylic acids is 2. The minimum atomic E-state index is -1.63. The number of rotatable bonds is 13. The van der Waals surface area contributed by atoms with Crippen molar-refractivity contribution < 1.29 is 39.3 Å². The molecule has 0 aliphatic heterocycles. The summed E-state index contributed by atoms with van der Waals surface area (Å²) < 4.78 is 0. The number of nitrogens with zero attached hydrogens (tertiary/aromatic N) is 1. The second-order valence-corrected chi connectivity index (χ2v) is 7.22. The van der Waals surface area contributed by atoms with E-state index in [0.717, 1.165) is 0 Å². The summed E-state index contributed by atoms with van der Waals surface area (Å²) >= 11 is 3.98. The summed E-state index contributed by atoms with van der Waals surface area (Å²) in [7, 11) is 0. The maximum Gasteiger partial charge on any atom is 0.328 e. The van der Waals surface area contributed by atoms with Gasteiger partial charge < -0.3 is 42.0 Å². The first-order valence-electron chi connectivity index (χ1n) is 9.33. The number of carbonyl (C=O) groups is 5. The maximum atomic E-state index is 12.7. The first kappa shape index (κ1) is 26.9. The molecule has 0 bridgehead atoms. The first-order chi connectivity index (χ1) is 15.0. The minimum Gasteiger partial charge on any atom is -0.481 e. The number of nitrogens with one attached hydrogen (secondary N) is 4. The lowest BCUT2D eigenvalue weighted by Crippen LogP contribution is -2.59. The van der Waals surface area contributed by atoms with Crippen LogP contribution in [0.3, 0.4) is 0 Å². The number of carboxylic acid groups (broad SMARTS) is 2. The van der Waals surface area contributed by atoms with Gasteiger partial charge in [-0.1, -0.05) is 0 Å². The van der Waals surface area contributed by atoms with Crippen LogP contribution < -0.4 is 21.7 Å². The van der Waals surface area contributed by atoms with Crippen LogP contribution in [-0.2, 0) is 30.4 Å². The summed E-state index contributed by atoms with van der Waals surface area (Å²) in [5, 5.41) is 34.2. The molecule has 15 heteroatoms. The molecule has 5 atom stereocenters. The Labute approximate surface area is 187 Å². The highest BCUT2D eigenvalue weighted by molar-refractivity contribution is 7.80. The van der Waals surface area contributed by atoms with E-state index in [1.807, 2.05) is 0 Å². The Balaban J connectivity index is 2.95. The molecule has 3 amide bonds. The third kappa shape index (κ3) is 8.52. The van der Waals surface area contributed by atoms with E-state index in [0.29, 0.717) is 5.69 Å². The molecule has 9 N–H and O–H groups in total. The van der Waals surface area contributed by atoms with E-state index in [9.17, 15) is 29.1 Å². The van der Waals surface area contributed by atoms with E-state index in [4.69, 9.17) is 15.9 Å². The number of aliphatic hydroxyl groups excluding tert-OH is 1. The Hall–Kier alpha value is -3.17. The van der Waals surface area contributed by atoms with Crippen LogP contribution in [0.4, 0.5) is 0 Å². The molecular weight excluding hydrogens is 448 g/mol. The number of hydrogen-bond acceptors (Lipinski definition) is 9. The number of nitrogens with two attached hydrogens (primary N) is 1. The average Bonchev–Trinajstić information content (AvgIpc) is 3.21. The molecule has 0 spiro atoms. The van der Waals surface area contributed by atoms with Crippen LogP contribution in [0.15, 0.2) is 12.5 Å². The van der Waals surface area contributed by atoms with Crippen molar-refractivity contribution in [1.29, 1.82) is 0 Å². The van der Waals surface area contributed by atoms with Gasteiger partial charge in [0.25, 0.3) is 0 Å². The van der Waals surface area contributed by atoms with Gasteiger partial charge in [-0.25, -0.2) is 9.78 Å². The molecule has 1 rings (SSSR count). The number of aromatic amines is 1. The number of thiol groups is 1. The predicted molar refractivity (Wildman–Crippen MR) is 111 cm³/mol. The average molecular weight is 474 g/mol. The van der Waals surface area contributed by atoms with E-state index >= 15 is 0 Å². The van der Waals surface area contributed by atoms with E-state index in [2.05, 4.69) is 38.5 Å². The molecule has 0 aromatic carbocycles. The quantitative estimate of drug-likeness (QED) is 0.128. The Morgan fingerprint density at radius 1 is 1.09 bits per heavy atom. The van der Waals surface area contributed by atoms with Gasteiger partial charge in [0.05, 0.1) is 24.9 Å². The van der Waals surface area contributed by atoms with E-state index in [-0.39, 0.29) is 12.2 Å². The standard InChI is InChI=1S/C17H26N6O8S/c1-7(24)13(17(30)31)23-15(28)10(2-8-4-19-6-20-8)21-16(29)11(5-32)22-14(27)9(18)3-12(25)26/h4,6-7,9-11,13,24,32H,2-3,5,18H2,1H3,(H,19,20)(H,21,29)(H,22,27)(H,23,28)(H,25,26)(H,30,31). The van der Waals surface area contributed by atoms with Crippen molar-refractivity contribution in [2.45, 2.75) is 50.0 Å². The van der Waals surface area contributed by atoms with Crippen LogP contribution in [0.25, 0.3) is 0 Å². The highest BCUT2D eigenvalue weighted by Gasteiger charge is 2.32. The summed E-state index contributed by atoms with van der Waals surface area (Å²) in [4.78, 5) is 65.8. The first-order valence-corrected chi connectivity index (χ1v) is 9.97. The van der Waals surface area contributed by atoms with E-state index < -0.39 is 66.4 Å². The van der Waals surface area contributed by atoms with Gasteiger partial charge in [-0.2, -0.15) is 12.6 Å². The molecule has 0 aliphatic carbocycles. The van der Waals surface area contributed by atoms with Crippen molar-refractivity contribution in [2.75, 3.05) is 5.75 Å². The zero-order valence-electron chi connectivity index (χ0n) is 17.0. The molecule has 0 saturated carbocycles. The number of aromatic nitrogens is 2. The minimum absolute atomic E-state index is 0.116. The SMILES string of the molecule is CC(O)C(NC(=O)C(Cc1cnc[nH]1)NC(=O)C(CS)NC(=O)C(N)CC(=O)O)C(=O)O. The molecule has 14 nitrogen and oxygen atoms in total. The highest BCUT2D eigenvalue weighted by Crippen LogP contribution is 2.03. The van der Waals surface area contributed by atoms with E-state index in [1.54, 1.807) is 0 Å². The van der Waals surface area contributed by atoms with Gasteiger partial charge in [0.1, 0.15) is 12.1 Å². The van der Waals surface area contributed by atoms with Gasteiger partial charge in [-0.15, -0.1) is 0 Å². The molecule has 1 aromatic rings. The number of amides is 3. The zero-order valence-corrected chi connectivity index (χ0v) is 17.9. The van der Waals surface area contributed by atoms with E-state index in [1.165, 1.54) is 19.4 Å². The van der Waals surface area contributed by atoms with Crippen molar-refractivity contribution >= 4 is 42.3 Å². The lowest BCUT2D eigenvalue weighted by molar-refractivity contribution is -0.145. The van der Waals surface area contributed by atoms with Gasteiger partial charge in [-0.05, 0) is 6.92 Å². The number of hydrogen-bond donors (Lipinski definition) is 9. The van der Waals surface area contributed by atoms with Gasteiger partial charge in [0, 0.05) is 24.1 Å². The lowest BCUT2D eigenvalue weighted by atomic mass is 10.1. The predicted octanol–water partition coefficient (Wildman–Crippen LogP) is -3.40. The number of carbonyl (C=O) groups excluding carboxylic acids is 3. The molecule has 178 valence electrons. The molecule has 0 radical (unpaired) electrons. The van der Waals surface area contributed by atoms with Crippen LogP contribution in [-0.4, -0.2) is 91.0 Å². The van der Waals surface area contributed by atoms with Crippen molar-refractivity contribution in [2.24, 2.45) is 5.73 Å². The third-order valence-electron chi connectivity index (χ3n) is 4.20. The van der Waals surface area contributed by atoms with Gasteiger partial charge >= 0.3 is 11.9 Å². The molecule has 0 fully saturated rings. The van der Waals surface area contributed by atoms with Crippen LogP contribution in [0, 0.1) is 0 Å². The van der Waals surface area contributed by atoms with Crippen molar-refractivity contribution in [1.82, 2.24) is 25.9 Å². The fraction of sp³-hybridized carbons (Fsp3) is 0.529. The maximum absolute atomic E-state index is 12.7. The smallest absolute Gasteiger partial charge is 0.328 e. The highest BCUT2D eigenvalue weighted by atomic mass is 32.1. The third-order valence-corrected chi connectivity index (χ3v) is 4.57. The summed E-state index contributed by atoms with van der Waals surface area (Å²) in [5.41, 5.74) is 5.90. The van der Waals surface area contributed by atoms with Gasteiger partial charge in [0.2, 0.25) is 17.7 Å².